The Balaban J connectivity index is 2.66. The molecule has 2 aromatic heterocycles. The molecule has 0 aliphatic heterocycles. The third kappa shape index (κ3) is 1.82. The van der Waals surface area contributed by atoms with Gasteiger partial charge in [-0.2, -0.15) is 0 Å². The van der Waals surface area contributed by atoms with Gasteiger partial charge >= 0.3 is 11.6 Å². The lowest BCUT2D eigenvalue weighted by molar-refractivity contribution is 0.0658. The van der Waals surface area contributed by atoms with Crippen LogP contribution in [0.5, 0.6) is 0 Å². The van der Waals surface area contributed by atoms with Gasteiger partial charge < -0.3 is 9.52 Å². The van der Waals surface area contributed by atoms with Crippen molar-refractivity contribution >= 4 is 17.3 Å². The van der Waals surface area contributed by atoms with E-state index in [1.807, 2.05) is 5.38 Å². The van der Waals surface area contributed by atoms with Gasteiger partial charge in [0.15, 0.2) is 0 Å². The van der Waals surface area contributed by atoms with Gasteiger partial charge in [0.1, 0.15) is 0 Å². The van der Waals surface area contributed by atoms with E-state index in [1.165, 1.54) is 23.5 Å². The molecule has 0 spiro atoms. The summed E-state index contributed by atoms with van der Waals surface area (Å²) in [6, 6.07) is 6.24. The Morgan fingerprint density at radius 3 is 2.73 bits per heavy atom. The van der Waals surface area contributed by atoms with E-state index >= 15 is 0 Å². The highest BCUT2D eigenvalue weighted by Gasteiger charge is 2.15. The van der Waals surface area contributed by atoms with Crippen molar-refractivity contribution in [2.24, 2.45) is 0 Å². The quantitative estimate of drug-likeness (QED) is 0.844. The van der Waals surface area contributed by atoms with Crippen LogP contribution in [0.3, 0.4) is 0 Å². The van der Waals surface area contributed by atoms with Crippen molar-refractivity contribution in [3.63, 3.8) is 0 Å². The molecule has 15 heavy (non-hydrogen) atoms. The molecular formula is C10H6O4S. The molecule has 2 aromatic rings. The SMILES string of the molecule is O=C(O)c1oc(=O)ccc1-c1cccs1. The Morgan fingerprint density at radius 1 is 1.33 bits per heavy atom. The molecular weight excluding hydrogens is 216 g/mol. The Morgan fingerprint density at radius 2 is 2.13 bits per heavy atom. The summed E-state index contributed by atoms with van der Waals surface area (Å²) in [7, 11) is 0. The molecule has 2 heterocycles. The summed E-state index contributed by atoms with van der Waals surface area (Å²) in [4.78, 5) is 22.5. The molecule has 1 N–H and O–H groups in total. The maximum absolute atomic E-state index is 10.9. The van der Waals surface area contributed by atoms with Crippen LogP contribution in [0.1, 0.15) is 10.6 Å². The maximum Gasteiger partial charge on any atom is 0.372 e. The molecule has 0 saturated heterocycles. The van der Waals surface area contributed by atoms with Crippen LogP contribution in [0, 0.1) is 0 Å². The van der Waals surface area contributed by atoms with Gasteiger partial charge in [-0.1, -0.05) is 6.07 Å². The largest absolute Gasteiger partial charge is 0.475 e. The van der Waals surface area contributed by atoms with Crippen LogP contribution >= 0.6 is 11.3 Å². The van der Waals surface area contributed by atoms with E-state index in [9.17, 15) is 9.59 Å². The van der Waals surface area contributed by atoms with Crippen LogP contribution in [-0.2, 0) is 0 Å². The fourth-order valence-electron chi connectivity index (χ4n) is 1.20. The van der Waals surface area contributed by atoms with Gasteiger partial charge in [-0.05, 0) is 17.5 Å². The molecule has 0 atom stereocenters. The summed E-state index contributed by atoms with van der Waals surface area (Å²) in [5, 5.41) is 10.7. The third-order valence-electron chi connectivity index (χ3n) is 1.81. The van der Waals surface area contributed by atoms with E-state index in [-0.39, 0.29) is 5.76 Å². The van der Waals surface area contributed by atoms with Gasteiger partial charge in [-0.25, -0.2) is 9.59 Å². The van der Waals surface area contributed by atoms with Crippen LogP contribution in [0.15, 0.2) is 38.9 Å². The number of carbonyl (C=O) groups is 1. The fraction of sp³-hybridized carbons (Fsp3) is 0. The first kappa shape index (κ1) is 9.67. The molecule has 4 nitrogen and oxygen atoms in total. The average molecular weight is 222 g/mol. The fourth-order valence-corrected chi connectivity index (χ4v) is 1.95. The molecule has 5 heteroatoms. The number of hydrogen-bond donors (Lipinski definition) is 1. The maximum atomic E-state index is 10.9. The van der Waals surface area contributed by atoms with Gasteiger partial charge in [-0.3, -0.25) is 0 Å². The molecule has 0 aliphatic rings. The van der Waals surface area contributed by atoms with Crippen molar-refractivity contribution < 1.29 is 14.3 Å². The van der Waals surface area contributed by atoms with E-state index in [4.69, 9.17) is 5.11 Å². The van der Waals surface area contributed by atoms with Gasteiger partial charge in [0.25, 0.3) is 0 Å². The first-order chi connectivity index (χ1) is 7.18. The predicted molar refractivity (Wildman–Crippen MR) is 55.3 cm³/mol. The summed E-state index contributed by atoms with van der Waals surface area (Å²) in [6.07, 6.45) is 0. The highest BCUT2D eigenvalue weighted by Crippen LogP contribution is 2.26. The Hall–Kier alpha value is -1.88. The van der Waals surface area contributed by atoms with Gasteiger partial charge in [0.2, 0.25) is 5.76 Å². The number of carboxylic acid groups (broad SMARTS) is 1. The average Bonchev–Trinajstić information content (AvgIpc) is 2.70. The summed E-state index contributed by atoms with van der Waals surface area (Å²) in [5.41, 5.74) is -0.232. The van der Waals surface area contributed by atoms with Crippen LogP contribution < -0.4 is 5.63 Å². The normalized spacial score (nSPS) is 10.1. The van der Waals surface area contributed by atoms with Crippen LogP contribution in [0.4, 0.5) is 0 Å². The van der Waals surface area contributed by atoms with E-state index < -0.39 is 11.6 Å². The number of rotatable bonds is 2. The number of thiophene rings is 1. The van der Waals surface area contributed by atoms with E-state index in [0.717, 1.165) is 4.88 Å². The van der Waals surface area contributed by atoms with Crippen molar-refractivity contribution in [2.45, 2.75) is 0 Å². The van der Waals surface area contributed by atoms with Crippen LogP contribution in [0.25, 0.3) is 10.4 Å². The summed E-state index contributed by atoms with van der Waals surface area (Å²) >= 11 is 1.39. The summed E-state index contributed by atoms with van der Waals surface area (Å²) in [5.74, 6) is -1.55. The second-order valence-electron chi connectivity index (χ2n) is 2.78. The van der Waals surface area contributed by atoms with Crippen molar-refractivity contribution in [3.05, 3.63) is 45.8 Å². The Labute approximate surface area is 88.4 Å². The zero-order valence-electron chi connectivity index (χ0n) is 7.47. The zero-order chi connectivity index (χ0) is 10.8. The Bertz CT molecular complexity index is 539. The van der Waals surface area contributed by atoms with E-state index in [2.05, 4.69) is 4.42 Å². The zero-order valence-corrected chi connectivity index (χ0v) is 8.28. The molecule has 2 rings (SSSR count). The number of hydrogen-bond acceptors (Lipinski definition) is 4. The van der Waals surface area contributed by atoms with Crippen molar-refractivity contribution in [1.82, 2.24) is 0 Å². The predicted octanol–water partition coefficient (Wildman–Crippen LogP) is 2.07. The van der Waals surface area contributed by atoms with Gasteiger partial charge in [-0.15, -0.1) is 11.3 Å². The smallest absolute Gasteiger partial charge is 0.372 e. The standard InChI is InChI=1S/C10H6O4S/c11-8-4-3-6(7-2-1-5-15-7)9(14-8)10(12)13/h1-5H,(H,12,13). The molecule has 0 bridgehead atoms. The first-order valence-electron chi connectivity index (χ1n) is 4.10. The minimum atomic E-state index is -1.24. The molecule has 0 unspecified atom stereocenters. The first-order valence-corrected chi connectivity index (χ1v) is 4.98. The minimum Gasteiger partial charge on any atom is -0.475 e. The number of aromatic carboxylic acids is 1. The van der Waals surface area contributed by atoms with E-state index in [0.29, 0.717) is 5.56 Å². The highest BCUT2D eigenvalue weighted by molar-refractivity contribution is 7.13. The lowest BCUT2D eigenvalue weighted by atomic mass is 10.2. The highest BCUT2D eigenvalue weighted by atomic mass is 32.1. The monoisotopic (exact) mass is 222 g/mol. The minimum absolute atomic E-state index is 0.315. The molecule has 0 radical (unpaired) electrons. The molecule has 76 valence electrons. The van der Waals surface area contributed by atoms with Crippen molar-refractivity contribution in [1.29, 1.82) is 0 Å². The topological polar surface area (TPSA) is 67.5 Å². The molecule has 0 fully saturated rings. The molecule has 0 amide bonds. The summed E-state index contributed by atoms with van der Waals surface area (Å²) in [6.45, 7) is 0. The Kier molecular flexibility index (Phi) is 2.39. The van der Waals surface area contributed by atoms with Gasteiger partial charge in [0.05, 0.1) is 0 Å². The van der Waals surface area contributed by atoms with Crippen molar-refractivity contribution in [3.8, 4) is 10.4 Å². The van der Waals surface area contributed by atoms with E-state index in [1.54, 1.807) is 12.1 Å². The van der Waals surface area contributed by atoms with Crippen LogP contribution in [0.2, 0.25) is 0 Å². The van der Waals surface area contributed by atoms with Crippen LogP contribution in [-0.4, -0.2) is 11.1 Å². The molecule has 0 saturated carbocycles. The molecule has 0 aliphatic carbocycles. The van der Waals surface area contributed by atoms with Crippen molar-refractivity contribution in [2.75, 3.05) is 0 Å². The third-order valence-corrected chi connectivity index (χ3v) is 2.72. The second kappa shape index (κ2) is 3.70. The second-order valence-corrected chi connectivity index (χ2v) is 3.73. The lowest BCUT2D eigenvalue weighted by Crippen LogP contribution is -2.06. The molecule has 0 aromatic carbocycles. The summed E-state index contributed by atoms with van der Waals surface area (Å²) < 4.78 is 4.65. The van der Waals surface area contributed by atoms with Gasteiger partial charge in [0, 0.05) is 16.5 Å². The number of carboxylic acids is 1. The lowest BCUT2D eigenvalue weighted by Gasteiger charge is -2.00.